The molecular weight excluding hydrogens is 455 g/mol. The van der Waals surface area contributed by atoms with Crippen molar-refractivity contribution >= 4 is 35.8 Å². The largest absolute Gasteiger partial charge is 0.377 e. The summed E-state index contributed by atoms with van der Waals surface area (Å²) >= 11 is 0. The summed E-state index contributed by atoms with van der Waals surface area (Å²) in [7, 11) is 1.70. The molecule has 0 saturated heterocycles. The number of nitrogens with one attached hydrogen (secondary N) is 3. The number of ether oxygens (including phenoxy) is 1. The maximum atomic E-state index is 12.0. The van der Waals surface area contributed by atoms with E-state index in [9.17, 15) is 4.79 Å². The van der Waals surface area contributed by atoms with Gasteiger partial charge in [0.2, 0.25) is 0 Å². The predicted molar refractivity (Wildman–Crippen MR) is 123 cm³/mol. The molecule has 0 saturated carbocycles. The lowest BCUT2D eigenvalue weighted by molar-refractivity contribution is 0.0268. The van der Waals surface area contributed by atoms with Crippen molar-refractivity contribution in [2.75, 3.05) is 26.7 Å². The fraction of sp³-hybridized carbons (Fsp3) is 0.600. The third-order valence-electron chi connectivity index (χ3n) is 4.03. The van der Waals surface area contributed by atoms with E-state index < -0.39 is 0 Å². The van der Waals surface area contributed by atoms with Crippen molar-refractivity contribution in [2.45, 2.75) is 52.7 Å². The van der Waals surface area contributed by atoms with Gasteiger partial charge in [-0.05, 0) is 44.9 Å². The van der Waals surface area contributed by atoms with Gasteiger partial charge in [0, 0.05) is 32.3 Å². The van der Waals surface area contributed by atoms with E-state index in [0.717, 1.165) is 37.5 Å². The Hall–Kier alpha value is -1.35. The highest BCUT2D eigenvalue weighted by molar-refractivity contribution is 14.0. The monoisotopic (exact) mass is 490 g/mol. The van der Waals surface area contributed by atoms with Crippen LogP contribution < -0.4 is 16.0 Å². The number of guanidine groups is 1. The summed E-state index contributed by atoms with van der Waals surface area (Å²) in [5, 5.41) is 9.44. The average molecular weight is 490 g/mol. The molecule has 0 bridgehead atoms. The van der Waals surface area contributed by atoms with Crippen LogP contribution in [0.15, 0.2) is 29.3 Å². The van der Waals surface area contributed by atoms with Gasteiger partial charge in [0.1, 0.15) is 0 Å². The zero-order chi connectivity index (χ0) is 19.4. The fourth-order valence-corrected chi connectivity index (χ4v) is 2.12. The van der Waals surface area contributed by atoms with E-state index in [1.807, 2.05) is 45.0 Å². The standard InChI is InChI=1S/C20H34N4O2.HI/c1-6-8-13-22-18(25)17-11-9-16(10-12-17)14-23-19(21-7-2)24-15-20(3,4)26-5;/h9-12H,6-8,13-15H2,1-5H3,(H,22,25)(H2,21,23,24);1H. The van der Waals surface area contributed by atoms with Crippen molar-refractivity contribution in [2.24, 2.45) is 4.99 Å². The van der Waals surface area contributed by atoms with Crippen LogP contribution in [0.25, 0.3) is 0 Å². The molecule has 0 aliphatic carbocycles. The number of methoxy groups -OCH3 is 1. The van der Waals surface area contributed by atoms with Gasteiger partial charge in [-0.15, -0.1) is 24.0 Å². The maximum Gasteiger partial charge on any atom is 0.251 e. The van der Waals surface area contributed by atoms with Crippen LogP contribution in [0.2, 0.25) is 0 Å². The van der Waals surface area contributed by atoms with Gasteiger partial charge in [-0.1, -0.05) is 25.5 Å². The Bertz CT molecular complexity index is 574. The molecular formula is C20H35IN4O2. The van der Waals surface area contributed by atoms with Gasteiger partial charge < -0.3 is 20.7 Å². The van der Waals surface area contributed by atoms with Crippen LogP contribution >= 0.6 is 24.0 Å². The van der Waals surface area contributed by atoms with Crippen LogP contribution in [-0.2, 0) is 11.3 Å². The molecule has 0 spiro atoms. The number of hydrogen-bond acceptors (Lipinski definition) is 3. The van der Waals surface area contributed by atoms with E-state index in [1.165, 1.54) is 0 Å². The van der Waals surface area contributed by atoms with Crippen LogP contribution in [0.1, 0.15) is 56.5 Å². The van der Waals surface area contributed by atoms with Crippen molar-refractivity contribution < 1.29 is 9.53 Å². The lowest BCUT2D eigenvalue weighted by atomic mass is 10.1. The molecule has 1 rings (SSSR count). The minimum Gasteiger partial charge on any atom is -0.377 e. The lowest BCUT2D eigenvalue weighted by Crippen LogP contribution is -2.45. The van der Waals surface area contributed by atoms with E-state index in [4.69, 9.17) is 4.74 Å². The van der Waals surface area contributed by atoms with E-state index >= 15 is 0 Å². The summed E-state index contributed by atoms with van der Waals surface area (Å²) in [5.74, 6) is 0.726. The first kappa shape index (κ1) is 25.6. The molecule has 27 heavy (non-hydrogen) atoms. The molecule has 154 valence electrons. The predicted octanol–water partition coefficient (Wildman–Crippen LogP) is 3.31. The van der Waals surface area contributed by atoms with Crippen molar-refractivity contribution in [3.63, 3.8) is 0 Å². The van der Waals surface area contributed by atoms with Gasteiger partial charge in [0.25, 0.3) is 5.91 Å². The Morgan fingerprint density at radius 2 is 1.78 bits per heavy atom. The van der Waals surface area contributed by atoms with Crippen LogP contribution in [0.5, 0.6) is 0 Å². The summed E-state index contributed by atoms with van der Waals surface area (Å²) < 4.78 is 5.42. The second kappa shape index (κ2) is 13.8. The third kappa shape index (κ3) is 10.5. The molecule has 0 radical (unpaired) electrons. The molecule has 0 unspecified atom stereocenters. The third-order valence-corrected chi connectivity index (χ3v) is 4.03. The van der Waals surface area contributed by atoms with E-state index in [2.05, 4.69) is 27.9 Å². The summed E-state index contributed by atoms with van der Waals surface area (Å²) in [6.07, 6.45) is 2.07. The SMILES string of the molecule is CCCCNC(=O)c1ccc(CN=C(NCC)NCC(C)(C)OC)cc1.I. The number of halogens is 1. The van der Waals surface area contributed by atoms with Gasteiger partial charge in [-0.2, -0.15) is 0 Å². The van der Waals surface area contributed by atoms with Crippen molar-refractivity contribution in [1.29, 1.82) is 0 Å². The first-order valence-corrected chi connectivity index (χ1v) is 9.36. The Morgan fingerprint density at radius 1 is 1.11 bits per heavy atom. The molecule has 3 N–H and O–H groups in total. The van der Waals surface area contributed by atoms with Gasteiger partial charge >= 0.3 is 0 Å². The number of amides is 1. The Labute approximate surface area is 181 Å². The molecule has 0 aromatic heterocycles. The summed E-state index contributed by atoms with van der Waals surface area (Å²) in [6, 6.07) is 7.59. The normalized spacial score (nSPS) is 11.5. The zero-order valence-corrected chi connectivity index (χ0v) is 19.6. The number of carbonyl (C=O) groups is 1. The molecule has 0 fully saturated rings. The highest BCUT2D eigenvalue weighted by Gasteiger charge is 2.16. The topological polar surface area (TPSA) is 74.8 Å². The zero-order valence-electron chi connectivity index (χ0n) is 17.2. The van der Waals surface area contributed by atoms with Gasteiger partial charge in [0.15, 0.2) is 5.96 Å². The highest BCUT2D eigenvalue weighted by Crippen LogP contribution is 2.07. The number of nitrogens with zero attached hydrogens (tertiary/aromatic N) is 1. The van der Waals surface area contributed by atoms with E-state index in [1.54, 1.807) is 7.11 Å². The van der Waals surface area contributed by atoms with E-state index in [0.29, 0.717) is 18.7 Å². The molecule has 0 aliphatic heterocycles. The number of rotatable bonds is 10. The van der Waals surface area contributed by atoms with Gasteiger partial charge in [-0.25, -0.2) is 4.99 Å². The number of hydrogen-bond donors (Lipinski definition) is 3. The number of aliphatic imine (C=N–C) groups is 1. The van der Waals surface area contributed by atoms with Crippen LogP contribution in [0.3, 0.4) is 0 Å². The lowest BCUT2D eigenvalue weighted by Gasteiger charge is -2.24. The Kier molecular flexibility index (Phi) is 13.1. The molecule has 7 heteroatoms. The Morgan fingerprint density at radius 3 is 2.33 bits per heavy atom. The molecule has 6 nitrogen and oxygen atoms in total. The highest BCUT2D eigenvalue weighted by atomic mass is 127. The maximum absolute atomic E-state index is 12.0. The second-order valence-corrected chi connectivity index (χ2v) is 6.82. The minimum atomic E-state index is -0.261. The van der Waals surface area contributed by atoms with Gasteiger partial charge in [0.05, 0.1) is 12.1 Å². The first-order chi connectivity index (χ1) is 12.4. The number of benzene rings is 1. The Balaban J connectivity index is 0.00000676. The molecule has 0 heterocycles. The average Bonchev–Trinajstić information content (AvgIpc) is 2.64. The van der Waals surface area contributed by atoms with Crippen LogP contribution in [-0.4, -0.2) is 44.2 Å². The quantitative estimate of drug-likeness (QED) is 0.204. The summed E-state index contributed by atoms with van der Waals surface area (Å²) in [5.41, 5.74) is 1.47. The van der Waals surface area contributed by atoms with E-state index in [-0.39, 0.29) is 35.5 Å². The van der Waals surface area contributed by atoms with Crippen LogP contribution in [0.4, 0.5) is 0 Å². The molecule has 0 atom stereocenters. The van der Waals surface area contributed by atoms with Gasteiger partial charge in [-0.3, -0.25) is 4.79 Å². The number of unbranched alkanes of at least 4 members (excludes halogenated alkanes) is 1. The number of carbonyl (C=O) groups excluding carboxylic acids is 1. The second-order valence-electron chi connectivity index (χ2n) is 6.82. The fourth-order valence-electron chi connectivity index (χ4n) is 2.12. The molecule has 1 aromatic carbocycles. The first-order valence-electron chi connectivity index (χ1n) is 9.36. The molecule has 1 amide bonds. The van der Waals surface area contributed by atoms with Crippen molar-refractivity contribution in [3.8, 4) is 0 Å². The molecule has 1 aromatic rings. The smallest absolute Gasteiger partial charge is 0.251 e. The van der Waals surface area contributed by atoms with Crippen LogP contribution in [0, 0.1) is 0 Å². The molecule has 0 aliphatic rings. The van der Waals surface area contributed by atoms with Crippen molar-refractivity contribution in [3.05, 3.63) is 35.4 Å². The van der Waals surface area contributed by atoms with Crippen molar-refractivity contribution in [1.82, 2.24) is 16.0 Å². The summed E-state index contributed by atoms with van der Waals surface area (Å²) in [4.78, 5) is 16.6. The summed E-state index contributed by atoms with van der Waals surface area (Å²) in [6.45, 7) is 10.9. The minimum absolute atomic E-state index is 0.